The first-order valence-corrected chi connectivity index (χ1v) is 6.59. The molecule has 0 unspecified atom stereocenters. The van der Waals surface area contributed by atoms with Gasteiger partial charge in [0.2, 0.25) is 0 Å². The fraction of sp³-hybridized carbons (Fsp3) is 0. The van der Waals surface area contributed by atoms with Gasteiger partial charge in [0.15, 0.2) is 0 Å². The van der Waals surface area contributed by atoms with Crippen molar-refractivity contribution >= 4 is 21.8 Å². The molecule has 0 bridgehead atoms. The first-order valence-electron chi connectivity index (χ1n) is 6.59. The van der Waals surface area contributed by atoms with Crippen LogP contribution in [0.2, 0.25) is 0 Å². The zero-order valence-electron chi connectivity index (χ0n) is 10.8. The first-order chi connectivity index (χ1) is 9.84. The minimum absolute atomic E-state index is 0.618. The number of rotatable bonds is 1. The molecule has 0 spiro atoms. The molecule has 0 N–H and O–H groups in total. The van der Waals surface area contributed by atoms with E-state index >= 15 is 0 Å². The maximum Gasteiger partial charge on any atom is 0.0832 e. The second kappa shape index (κ2) is 4.20. The Bertz CT molecular complexity index is 907. The molecule has 0 atom stereocenters. The normalized spacial score (nSPS) is 11.2. The van der Waals surface area contributed by atoms with Gasteiger partial charge in [-0.05, 0) is 23.3 Å². The van der Waals surface area contributed by atoms with E-state index in [0.717, 1.165) is 26.7 Å². The molecule has 0 aliphatic carbocycles. The van der Waals surface area contributed by atoms with E-state index in [2.05, 4.69) is 0 Å². The highest BCUT2D eigenvalue weighted by molar-refractivity contribution is 6.08. The van der Waals surface area contributed by atoms with Crippen LogP contribution in [0.1, 0.15) is 0 Å². The largest absolute Gasteiger partial charge is 0.178 e. The Balaban J connectivity index is 2.05. The van der Waals surface area contributed by atoms with Crippen molar-refractivity contribution in [3.8, 4) is 11.1 Å². The van der Waals surface area contributed by atoms with Crippen LogP contribution < -0.4 is 0 Å². The van der Waals surface area contributed by atoms with E-state index in [0.29, 0.717) is 11.0 Å². The molecule has 0 aliphatic heterocycles. The summed E-state index contributed by atoms with van der Waals surface area (Å²) in [6.07, 6.45) is 0. The Morgan fingerprint density at radius 1 is 0.600 bits per heavy atom. The number of aromatic nitrogens is 1. The SMILES string of the molecule is Fn1c2ccccc2c2ccc(-c3ccccc3)cc21. The monoisotopic (exact) mass is 261 g/mol. The highest BCUT2D eigenvalue weighted by Gasteiger charge is 2.10. The van der Waals surface area contributed by atoms with E-state index in [-0.39, 0.29) is 0 Å². The van der Waals surface area contributed by atoms with Crippen molar-refractivity contribution in [2.24, 2.45) is 0 Å². The third-order valence-electron chi connectivity index (χ3n) is 3.72. The lowest BCUT2D eigenvalue weighted by Crippen LogP contribution is -1.82. The minimum Gasteiger partial charge on any atom is -0.178 e. The Hall–Kier alpha value is -2.61. The van der Waals surface area contributed by atoms with Crippen LogP contribution >= 0.6 is 0 Å². The van der Waals surface area contributed by atoms with Crippen molar-refractivity contribution in [3.63, 3.8) is 0 Å². The van der Waals surface area contributed by atoms with Gasteiger partial charge >= 0.3 is 0 Å². The molecule has 0 aliphatic rings. The van der Waals surface area contributed by atoms with Crippen LogP contribution in [0.15, 0.2) is 72.8 Å². The molecule has 96 valence electrons. The number of hydrogen-bond acceptors (Lipinski definition) is 0. The van der Waals surface area contributed by atoms with E-state index in [1.165, 1.54) is 0 Å². The Kier molecular flexibility index (Phi) is 2.36. The average molecular weight is 261 g/mol. The second-order valence-corrected chi connectivity index (χ2v) is 4.90. The van der Waals surface area contributed by atoms with Crippen LogP contribution in [0.5, 0.6) is 0 Å². The second-order valence-electron chi connectivity index (χ2n) is 4.90. The molecule has 4 aromatic rings. The van der Waals surface area contributed by atoms with Gasteiger partial charge in [-0.3, -0.25) is 0 Å². The van der Waals surface area contributed by atoms with Crippen LogP contribution in [0.3, 0.4) is 0 Å². The Morgan fingerprint density at radius 3 is 2.15 bits per heavy atom. The third-order valence-corrected chi connectivity index (χ3v) is 3.72. The van der Waals surface area contributed by atoms with Crippen LogP contribution in [0.25, 0.3) is 32.9 Å². The van der Waals surface area contributed by atoms with Crippen molar-refractivity contribution in [2.45, 2.75) is 0 Å². The number of fused-ring (bicyclic) bond motifs is 3. The molecule has 0 radical (unpaired) electrons. The van der Waals surface area contributed by atoms with Gasteiger partial charge in [0.1, 0.15) is 0 Å². The maximum atomic E-state index is 14.4. The van der Waals surface area contributed by atoms with Gasteiger partial charge in [-0.1, -0.05) is 65.1 Å². The van der Waals surface area contributed by atoms with E-state index in [4.69, 9.17) is 0 Å². The Labute approximate surface area is 115 Å². The van der Waals surface area contributed by atoms with Gasteiger partial charge in [-0.25, -0.2) is 0 Å². The molecule has 1 aromatic heterocycles. The van der Waals surface area contributed by atoms with E-state index in [9.17, 15) is 4.48 Å². The molecular weight excluding hydrogens is 249 g/mol. The van der Waals surface area contributed by atoms with Gasteiger partial charge in [-0.15, -0.1) is 0 Å². The van der Waals surface area contributed by atoms with Gasteiger partial charge in [0.05, 0.1) is 11.0 Å². The Morgan fingerprint density at radius 2 is 1.30 bits per heavy atom. The summed E-state index contributed by atoms with van der Waals surface area (Å²) in [5, 5.41) is 1.90. The summed E-state index contributed by atoms with van der Waals surface area (Å²) in [5.74, 6) is 0. The quantitative estimate of drug-likeness (QED) is 0.444. The summed E-state index contributed by atoms with van der Waals surface area (Å²) in [6.45, 7) is 0. The standard InChI is InChI=1S/C18H12FN/c19-20-17-9-5-4-8-15(17)16-11-10-14(12-18(16)20)13-6-2-1-3-7-13/h1-12H. The first kappa shape index (κ1) is 11.2. The highest BCUT2D eigenvalue weighted by atomic mass is 19.2. The maximum absolute atomic E-state index is 14.4. The van der Waals surface area contributed by atoms with Crippen LogP contribution in [-0.2, 0) is 0 Å². The molecule has 4 rings (SSSR count). The molecule has 0 amide bonds. The van der Waals surface area contributed by atoms with Crippen molar-refractivity contribution in [2.75, 3.05) is 0 Å². The number of para-hydroxylation sites is 1. The van der Waals surface area contributed by atoms with Crippen LogP contribution in [0.4, 0.5) is 4.48 Å². The van der Waals surface area contributed by atoms with Crippen molar-refractivity contribution in [1.29, 1.82) is 0 Å². The molecule has 1 nitrogen and oxygen atoms in total. The topological polar surface area (TPSA) is 4.93 Å². The lowest BCUT2D eigenvalue weighted by molar-refractivity contribution is 0.405. The molecular formula is C18H12FN. The lowest BCUT2D eigenvalue weighted by Gasteiger charge is -2.02. The number of halogens is 1. The summed E-state index contributed by atoms with van der Waals surface area (Å²) in [6, 6.07) is 23.5. The fourth-order valence-corrected chi connectivity index (χ4v) is 2.73. The predicted molar refractivity (Wildman–Crippen MR) is 81.4 cm³/mol. The summed E-state index contributed by atoms with van der Waals surface area (Å²) >= 11 is 0. The zero-order chi connectivity index (χ0) is 13.5. The summed E-state index contributed by atoms with van der Waals surface area (Å²) < 4.78 is 14.4. The molecule has 0 fully saturated rings. The van der Waals surface area contributed by atoms with Crippen molar-refractivity contribution < 1.29 is 4.48 Å². The van der Waals surface area contributed by atoms with Gasteiger partial charge in [-0.2, -0.15) is 4.79 Å². The van der Waals surface area contributed by atoms with Crippen LogP contribution in [-0.4, -0.2) is 4.79 Å². The molecule has 20 heavy (non-hydrogen) atoms. The van der Waals surface area contributed by atoms with E-state index in [1.807, 2.05) is 66.7 Å². The molecule has 0 saturated carbocycles. The third kappa shape index (κ3) is 1.55. The van der Waals surface area contributed by atoms with E-state index < -0.39 is 0 Å². The summed E-state index contributed by atoms with van der Waals surface area (Å²) in [5.41, 5.74) is 3.36. The molecule has 1 heterocycles. The molecule has 0 saturated heterocycles. The van der Waals surface area contributed by atoms with Gasteiger partial charge in [0, 0.05) is 10.8 Å². The highest BCUT2D eigenvalue weighted by Crippen LogP contribution is 2.32. The lowest BCUT2D eigenvalue weighted by atomic mass is 10.0. The van der Waals surface area contributed by atoms with E-state index in [1.54, 1.807) is 6.07 Å². The summed E-state index contributed by atoms with van der Waals surface area (Å²) in [7, 11) is 0. The van der Waals surface area contributed by atoms with Crippen molar-refractivity contribution in [1.82, 2.24) is 4.79 Å². The molecule has 2 heteroatoms. The number of benzene rings is 3. The van der Waals surface area contributed by atoms with Crippen LogP contribution in [0, 0.1) is 0 Å². The number of nitrogens with zero attached hydrogens (tertiary/aromatic N) is 1. The molecule has 3 aromatic carbocycles. The average Bonchev–Trinajstić information content (AvgIpc) is 2.81. The van der Waals surface area contributed by atoms with Gasteiger partial charge in [0.25, 0.3) is 0 Å². The number of hydrogen-bond donors (Lipinski definition) is 0. The zero-order valence-corrected chi connectivity index (χ0v) is 10.8. The predicted octanol–water partition coefficient (Wildman–Crippen LogP) is 5.19. The van der Waals surface area contributed by atoms with Crippen molar-refractivity contribution in [3.05, 3.63) is 72.8 Å². The fourth-order valence-electron chi connectivity index (χ4n) is 2.73. The minimum atomic E-state index is 0.618. The summed E-state index contributed by atoms with van der Waals surface area (Å²) in [4.78, 5) is 0.775. The smallest absolute Gasteiger partial charge is 0.0832 e. The van der Waals surface area contributed by atoms with Gasteiger partial charge < -0.3 is 0 Å².